The molecule has 0 aromatic carbocycles. The molecule has 1 aromatic rings. The zero-order valence-electron chi connectivity index (χ0n) is 11.9. The lowest BCUT2D eigenvalue weighted by Crippen LogP contribution is -2.51. The van der Waals surface area contributed by atoms with Gasteiger partial charge in [0.25, 0.3) is 0 Å². The molecule has 2 N–H and O–H groups in total. The normalized spacial score (nSPS) is 16.0. The third-order valence-electron chi connectivity index (χ3n) is 3.26. The minimum Gasteiger partial charge on any atom is -0.481 e. The molecule has 2 amide bonds. The van der Waals surface area contributed by atoms with Crippen molar-refractivity contribution in [3.05, 3.63) is 11.7 Å². The fraction of sp³-hybridized carbons (Fsp3) is 0.667. The second-order valence-electron chi connectivity index (χ2n) is 4.87. The summed E-state index contributed by atoms with van der Waals surface area (Å²) in [7, 11) is 0. The van der Waals surface area contributed by atoms with Crippen molar-refractivity contribution < 1.29 is 19.2 Å². The van der Waals surface area contributed by atoms with Crippen LogP contribution in [0.25, 0.3) is 0 Å². The van der Waals surface area contributed by atoms with Crippen LogP contribution in [0.4, 0.5) is 4.79 Å². The fourth-order valence-corrected chi connectivity index (χ4v) is 2.10. The van der Waals surface area contributed by atoms with Crippen LogP contribution in [-0.2, 0) is 11.3 Å². The van der Waals surface area contributed by atoms with Gasteiger partial charge in [-0.1, -0.05) is 5.16 Å². The van der Waals surface area contributed by atoms with Gasteiger partial charge < -0.3 is 19.8 Å². The third-order valence-corrected chi connectivity index (χ3v) is 3.26. The second-order valence-corrected chi connectivity index (χ2v) is 4.87. The average Bonchev–Trinajstić information content (AvgIpc) is 2.89. The van der Waals surface area contributed by atoms with Crippen LogP contribution in [0.2, 0.25) is 0 Å². The Labute approximate surface area is 121 Å². The number of aliphatic carboxylic acids is 1. The quantitative estimate of drug-likeness (QED) is 0.766. The Balaban J connectivity index is 1.69. The molecular formula is C12H19N5O4. The predicted octanol–water partition coefficient (Wildman–Crippen LogP) is -0.320. The molecule has 0 saturated carbocycles. The number of piperazine rings is 1. The summed E-state index contributed by atoms with van der Waals surface area (Å²) < 4.78 is 4.92. The van der Waals surface area contributed by atoms with E-state index in [1.807, 2.05) is 4.90 Å². The molecule has 0 unspecified atom stereocenters. The van der Waals surface area contributed by atoms with Crippen LogP contribution >= 0.6 is 0 Å². The summed E-state index contributed by atoms with van der Waals surface area (Å²) in [5, 5.41) is 15.0. The Bertz CT molecular complexity index is 496. The van der Waals surface area contributed by atoms with Gasteiger partial charge in [-0.2, -0.15) is 4.98 Å². The van der Waals surface area contributed by atoms with Gasteiger partial charge in [0.15, 0.2) is 5.82 Å². The van der Waals surface area contributed by atoms with Gasteiger partial charge in [0.1, 0.15) is 0 Å². The molecule has 1 fully saturated rings. The van der Waals surface area contributed by atoms with Crippen LogP contribution in [0.3, 0.4) is 0 Å². The summed E-state index contributed by atoms with van der Waals surface area (Å²) in [6, 6.07) is -0.177. The van der Waals surface area contributed by atoms with E-state index < -0.39 is 5.97 Å². The maximum Gasteiger partial charge on any atom is 0.317 e. The SMILES string of the molecule is Cc1noc(CNC(=O)N2CCN(CCC(=O)O)CC2)n1. The van der Waals surface area contributed by atoms with Crippen molar-refractivity contribution in [2.75, 3.05) is 32.7 Å². The highest BCUT2D eigenvalue weighted by molar-refractivity contribution is 5.74. The number of aryl methyl sites for hydroxylation is 1. The van der Waals surface area contributed by atoms with Gasteiger partial charge in [-0.25, -0.2) is 4.79 Å². The number of hydrogen-bond acceptors (Lipinski definition) is 6. The summed E-state index contributed by atoms with van der Waals surface area (Å²) >= 11 is 0. The molecule has 1 aliphatic rings. The van der Waals surface area contributed by atoms with Crippen LogP contribution in [0.1, 0.15) is 18.1 Å². The number of aromatic nitrogens is 2. The van der Waals surface area contributed by atoms with Gasteiger partial charge in [0.05, 0.1) is 13.0 Å². The van der Waals surface area contributed by atoms with E-state index in [9.17, 15) is 9.59 Å². The van der Waals surface area contributed by atoms with Crippen LogP contribution < -0.4 is 5.32 Å². The van der Waals surface area contributed by atoms with Gasteiger partial charge in [0.2, 0.25) is 5.89 Å². The van der Waals surface area contributed by atoms with E-state index in [1.54, 1.807) is 11.8 Å². The number of urea groups is 1. The zero-order chi connectivity index (χ0) is 15.2. The van der Waals surface area contributed by atoms with E-state index in [2.05, 4.69) is 15.5 Å². The molecule has 0 aliphatic carbocycles. The molecule has 1 saturated heterocycles. The van der Waals surface area contributed by atoms with Gasteiger partial charge in [-0.05, 0) is 6.92 Å². The van der Waals surface area contributed by atoms with Crippen LogP contribution in [0.15, 0.2) is 4.52 Å². The summed E-state index contributed by atoms with van der Waals surface area (Å²) in [5.41, 5.74) is 0. The number of nitrogens with one attached hydrogen (secondary N) is 1. The molecule has 1 aliphatic heterocycles. The number of nitrogens with zero attached hydrogens (tertiary/aromatic N) is 4. The number of carboxylic acid groups (broad SMARTS) is 1. The van der Waals surface area contributed by atoms with E-state index in [-0.39, 0.29) is 19.0 Å². The molecular weight excluding hydrogens is 278 g/mol. The Morgan fingerprint density at radius 3 is 2.62 bits per heavy atom. The van der Waals surface area contributed by atoms with E-state index in [0.717, 1.165) is 0 Å². The van der Waals surface area contributed by atoms with Gasteiger partial charge in [-0.15, -0.1) is 0 Å². The molecule has 2 heterocycles. The highest BCUT2D eigenvalue weighted by Crippen LogP contribution is 2.03. The number of carbonyl (C=O) groups excluding carboxylic acids is 1. The molecule has 2 rings (SSSR count). The first-order valence-electron chi connectivity index (χ1n) is 6.80. The molecule has 21 heavy (non-hydrogen) atoms. The second kappa shape index (κ2) is 7.02. The fourth-order valence-electron chi connectivity index (χ4n) is 2.10. The number of hydrogen-bond donors (Lipinski definition) is 2. The Hall–Kier alpha value is -2.16. The highest BCUT2D eigenvalue weighted by atomic mass is 16.5. The number of rotatable bonds is 5. The van der Waals surface area contributed by atoms with Gasteiger partial charge in [-0.3, -0.25) is 9.69 Å². The summed E-state index contributed by atoms with van der Waals surface area (Å²) in [6.45, 7) is 4.96. The first kappa shape index (κ1) is 15.2. The lowest BCUT2D eigenvalue weighted by molar-refractivity contribution is -0.137. The van der Waals surface area contributed by atoms with Crippen LogP contribution in [0, 0.1) is 6.92 Å². The number of carbonyl (C=O) groups is 2. The number of amides is 2. The van der Waals surface area contributed by atoms with Gasteiger partial charge >= 0.3 is 12.0 Å². The van der Waals surface area contributed by atoms with Crippen LogP contribution in [-0.4, -0.2) is 69.8 Å². The van der Waals surface area contributed by atoms with Crippen molar-refractivity contribution >= 4 is 12.0 Å². The highest BCUT2D eigenvalue weighted by Gasteiger charge is 2.21. The third kappa shape index (κ3) is 4.71. The molecule has 1 aromatic heterocycles. The van der Waals surface area contributed by atoms with E-state index in [4.69, 9.17) is 9.63 Å². The maximum atomic E-state index is 12.0. The van der Waals surface area contributed by atoms with Crippen LogP contribution in [0.5, 0.6) is 0 Å². The lowest BCUT2D eigenvalue weighted by atomic mass is 10.3. The molecule has 9 nitrogen and oxygen atoms in total. The van der Waals surface area contributed by atoms with E-state index in [1.165, 1.54) is 0 Å². The predicted molar refractivity (Wildman–Crippen MR) is 71.5 cm³/mol. The summed E-state index contributed by atoms with van der Waals surface area (Å²) in [4.78, 5) is 30.2. The Morgan fingerprint density at radius 1 is 1.33 bits per heavy atom. The maximum absolute atomic E-state index is 12.0. The zero-order valence-corrected chi connectivity index (χ0v) is 11.9. The first-order valence-corrected chi connectivity index (χ1v) is 6.80. The van der Waals surface area contributed by atoms with E-state index in [0.29, 0.717) is 44.4 Å². The Kier molecular flexibility index (Phi) is 5.09. The standard InChI is InChI=1S/C12H19N5O4/c1-9-14-10(21-15-9)8-13-12(20)17-6-4-16(5-7-17)3-2-11(18)19/h2-8H2,1H3,(H,13,20)(H,18,19). The lowest BCUT2D eigenvalue weighted by Gasteiger charge is -2.34. The van der Waals surface area contributed by atoms with Crippen molar-refractivity contribution in [3.63, 3.8) is 0 Å². The van der Waals surface area contributed by atoms with Crippen molar-refractivity contribution in [2.24, 2.45) is 0 Å². The first-order chi connectivity index (χ1) is 10.0. The molecule has 0 spiro atoms. The largest absolute Gasteiger partial charge is 0.481 e. The Morgan fingerprint density at radius 2 is 2.05 bits per heavy atom. The molecule has 0 radical (unpaired) electrons. The van der Waals surface area contributed by atoms with Gasteiger partial charge in [0, 0.05) is 32.7 Å². The average molecular weight is 297 g/mol. The van der Waals surface area contributed by atoms with Crippen molar-refractivity contribution in [1.82, 2.24) is 25.3 Å². The smallest absolute Gasteiger partial charge is 0.317 e. The summed E-state index contributed by atoms with van der Waals surface area (Å²) in [6.07, 6.45) is 0.128. The molecule has 0 atom stereocenters. The minimum atomic E-state index is -0.801. The monoisotopic (exact) mass is 297 g/mol. The topological polar surface area (TPSA) is 112 Å². The van der Waals surface area contributed by atoms with Crippen molar-refractivity contribution in [3.8, 4) is 0 Å². The van der Waals surface area contributed by atoms with E-state index >= 15 is 0 Å². The number of carboxylic acids is 1. The van der Waals surface area contributed by atoms with Crippen molar-refractivity contribution in [2.45, 2.75) is 19.9 Å². The molecule has 9 heteroatoms. The molecule has 116 valence electrons. The minimum absolute atomic E-state index is 0.128. The molecule has 0 bridgehead atoms. The van der Waals surface area contributed by atoms with Crippen molar-refractivity contribution in [1.29, 1.82) is 0 Å². The summed E-state index contributed by atoms with van der Waals surface area (Å²) in [5.74, 6) is 0.109.